The van der Waals surface area contributed by atoms with Gasteiger partial charge in [0.05, 0.1) is 0 Å². The molecule has 4 nitrogen and oxygen atoms in total. The van der Waals surface area contributed by atoms with Crippen molar-refractivity contribution in [2.75, 3.05) is 11.9 Å². The number of carbonyl (C=O) groups is 1. The molecule has 92 valence electrons. The molecule has 0 aliphatic carbocycles. The van der Waals surface area contributed by atoms with Crippen LogP contribution in [-0.2, 0) is 4.79 Å². The fourth-order valence-electron chi connectivity index (χ4n) is 2.31. The second-order valence-corrected chi connectivity index (χ2v) is 4.51. The molecule has 18 heavy (non-hydrogen) atoms. The third-order valence-corrected chi connectivity index (χ3v) is 3.27. The number of pyridine rings is 1. The zero-order chi connectivity index (χ0) is 12.4. The van der Waals surface area contributed by atoms with E-state index in [4.69, 9.17) is 0 Å². The fraction of sp³-hybridized carbons (Fsp3) is 0.286. The van der Waals surface area contributed by atoms with Crippen LogP contribution in [0.2, 0.25) is 0 Å². The van der Waals surface area contributed by atoms with Gasteiger partial charge in [-0.1, -0.05) is 24.3 Å². The first-order chi connectivity index (χ1) is 8.84. The van der Waals surface area contributed by atoms with E-state index in [1.807, 2.05) is 30.3 Å². The van der Waals surface area contributed by atoms with E-state index >= 15 is 0 Å². The van der Waals surface area contributed by atoms with E-state index < -0.39 is 0 Å². The summed E-state index contributed by atoms with van der Waals surface area (Å²) in [5, 5.41) is 8.31. The first-order valence-corrected chi connectivity index (χ1v) is 6.22. The first-order valence-electron chi connectivity index (χ1n) is 6.22. The van der Waals surface area contributed by atoms with Gasteiger partial charge < -0.3 is 10.6 Å². The van der Waals surface area contributed by atoms with Crippen molar-refractivity contribution in [2.45, 2.75) is 18.9 Å². The van der Waals surface area contributed by atoms with Crippen LogP contribution in [0.15, 0.2) is 36.5 Å². The van der Waals surface area contributed by atoms with E-state index in [9.17, 15) is 4.79 Å². The summed E-state index contributed by atoms with van der Waals surface area (Å²) in [6.45, 7) is 0.778. The number of hydrogen-bond acceptors (Lipinski definition) is 3. The molecule has 1 unspecified atom stereocenters. The number of fused-ring (bicyclic) bond motifs is 1. The van der Waals surface area contributed by atoms with Crippen LogP contribution in [-0.4, -0.2) is 23.5 Å². The van der Waals surface area contributed by atoms with Gasteiger partial charge in [-0.15, -0.1) is 0 Å². The van der Waals surface area contributed by atoms with Crippen LogP contribution >= 0.6 is 0 Å². The van der Waals surface area contributed by atoms with E-state index in [-0.39, 0.29) is 11.9 Å². The summed E-state index contributed by atoms with van der Waals surface area (Å²) < 4.78 is 0. The number of anilines is 1. The maximum absolute atomic E-state index is 11.7. The second kappa shape index (κ2) is 4.64. The standard InChI is InChI=1S/C14H15N3O/c18-14-12(6-3-8-16-14)17-13-11-5-2-1-4-10(11)7-9-15-13/h1-2,4-5,7,9,12H,3,6,8H2,(H,15,17)(H,16,18). The summed E-state index contributed by atoms with van der Waals surface area (Å²) in [5.74, 6) is 0.853. The van der Waals surface area contributed by atoms with Crippen LogP contribution in [0.3, 0.4) is 0 Å². The van der Waals surface area contributed by atoms with Crippen molar-refractivity contribution in [3.63, 3.8) is 0 Å². The molecule has 2 aromatic rings. The van der Waals surface area contributed by atoms with Gasteiger partial charge in [0.2, 0.25) is 5.91 Å². The summed E-state index contributed by atoms with van der Waals surface area (Å²) in [4.78, 5) is 16.1. The van der Waals surface area contributed by atoms with Crippen molar-refractivity contribution in [3.05, 3.63) is 36.5 Å². The highest BCUT2D eigenvalue weighted by atomic mass is 16.2. The zero-order valence-corrected chi connectivity index (χ0v) is 10.0. The monoisotopic (exact) mass is 241 g/mol. The highest BCUT2D eigenvalue weighted by molar-refractivity contribution is 5.94. The number of amides is 1. The number of nitrogens with one attached hydrogen (secondary N) is 2. The molecule has 1 aliphatic rings. The van der Waals surface area contributed by atoms with E-state index in [1.165, 1.54) is 0 Å². The number of aromatic nitrogens is 1. The Bertz CT molecular complexity index is 577. The number of piperidine rings is 1. The normalized spacial score (nSPS) is 19.6. The molecule has 4 heteroatoms. The molecule has 1 aliphatic heterocycles. The Labute approximate surface area is 105 Å². The van der Waals surface area contributed by atoms with Crippen molar-refractivity contribution in [1.82, 2.24) is 10.3 Å². The fourth-order valence-corrected chi connectivity index (χ4v) is 2.31. The Hall–Kier alpha value is -2.10. The lowest BCUT2D eigenvalue weighted by Gasteiger charge is -2.23. The third kappa shape index (κ3) is 2.01. The van der Waals surface area contributed by atoms with Gasteiger partial charge in [-0.25, -0.2) is 4.98 Å². The van der Waals surface area contributed by atoms with Crippen LogP contribution in [0.25, 0.3) is 10.8 Å². The molecule has 0 radical (unpaired) electrons. The first kappa shape index (κ1) is 11.0. The highest BCUT2D eigenvalue weighted by Crippen LogP contribution is 2.22. The van der Waals surface area contributed by atoms with Crippen molar-refractivity contribution in [1.29, 1.82) is 0 Å². The molecule has 3 rings (SSSR count). The molecule has 1 atom stereocenters. The van der Waals surface area contributed by atoms with Gasteiger partial charge in [-0.3, -0.25) is 4.79 Å². The summed E-state index contributed by atoms with van der Waals surface area (Å²) in [6.07, 6.45) is 3.64. The molecule has 0 spiro atoms. The Morgan fingerprint density at radius 3 is 3.06 bits per heavy atom. The van der Waals surface area contributed by atoms with Gasteiger partial charge in [0, 0.05) is 18.1 Å². The average molecular weight is 241 g/mol. The summed E-state index contributed by atoms with van der Waals surface area (Å²) >= 11 is 0. The van der Waals surface area contributed by atoms with Crippen LogP contribution in [0.1, 0.15) is 12.8 Å². The number of nitrogens with zero attached hydrogens (tertiary/aromatic N) is 1. The van der Waals surface area contributed by atoms with Crippen LogP contribution < -0.4 is 10.6 Å². The number of hydrogen-bond donors (Lipinski definition) is 2. The lowest BCUT2D eigenvalue weighted by Crippen LogP contribution is -2.44. The zero-order valence-electron chi connectivity index (χ0n) is 10.0. The lowest BCUT2D eigenvalue weighted by atomic mass is 10.1. The Morgan fingerprint density at radius 2 is 2.17 bits per heavy atom. The second-order valence-electron chi connectivity index (χ2n) is 4.51. The van der Waals surface area contributed by atoms with Gasteiger partial charge in [-0.2, -0.15) is 0 Å². The molecule has 1 amide bonds. The third-order valence-electron chi connectivity index (χ3n) is 3.27. The summed E-state index contributed by atoms with van der Waals surface area (Å²) in [7, 11) is 0. The van der Waals surface area contributed by atoms with Crippen molar-refractivity contribution < 1.29 is 4.79 Å². The quantitative estimate of drug-likeness (QED) is 0.844. The highest BCUT2D eigenvalue weighted by Gasteiger charge is 2.22. The van der Waals surface area contributed by atoms with Crippen LogP contribution in [0, 0.1) is 0 Å². The van der Waals surface area contributed by atoms with Gasteiger partial charge in [-0.05, 0) is 24.3 Å². The minimum atomic E-state index is -0.169. The van der Waals surface area contributed by atoms with E-state index in [0.29, 0.717) is 0 Å². The number of carbonyl (C=O) groups excluding carboxylic acids is 1. The predicted octanol–water partition coefficient (Wildman–Crippen LogP) is 1.93. The molecule has 0 bridgehead atoms. The lowest BCUT2D eigenvalue weighted by molar-refractivity contribution is -0.123. The minimum Gasteiger partial charge on any atom is -0.358 e. The largest absolute Gasteiger partial charge is 0.358 e. The average Bonchev–Trinajstić information content (AvgIpc) is 2.42. The molecule has 2 N–H and O–H groups in total. The summed E-state index contributed by atoms with van der Waals surface area (Å²) in [5.41, 5.74) is 0. The van der Waals surface area contributed by atoms with Gasteiger partial charge >= 0.3 is 0 Å². The smallest absolute Gasteiger partial charge is 0.242 e. The summed E-state index contributed by atoms with van der Waals surface area (Å²) in [6, 6.07) is 9.85. The van der Waals surface area contributed by atoms with Gasteiger partial charge in [0.25, 0.3) is 0 Å². The Kier molecular flexibility index (Phi) is 2.84. The van der Waals surface area contributed by atoms with Crippen molar-refractivity contribution >= 4 is 22.5 Å². The number of benzene rings is 1. The molecular weight excluding hydrogens is 226 g/mol. The Balaban J connectivity index is 1.92. The molecule has 1 fully saturated rings. The number of rotatable bonds is 2. The van der Waals surface area contributed by atoms with Crippen molar-refractivity contribution in [2.24, 2.45) is 0 Å². The van der Waals surface area contributed by atoms with Gasteiger partial charge in [0.15, 0.2) is 0 Å². The maximum atomic E-state index is 11.7. The molecule has 1 aromatic carbocycles. The SMILES string of the molecule is O=C1NCCCC1Nc1nccc2ccccc12. The maximum Gasteiger partial charge on any atom is 0.242 e. The molecule has 1 aromatic heterocycles. The van der Waals surface area contributed by atoms with E-state index in [0.717, 1.165) is 36.0 Å². The van der Waals surface area contributed by atoms with Crippen LogP contribution in [0.5, 0.6) is 0 Å². The van der Waals surface area contributed by atoms with E-state index in [2.05, 4.69) is 15.6 Å². The molecule has 2 heterocycles. The Morgan fingerprint density at radius 1 is 1.28 bits per heavy atom. The predicted molar refractivity (Wildman–Crippen MR) is 71.4 cm³/mol. The molecule has 0 saturated carbocycles. The van der Waals surface area contributed by atoms with E-state index in [1.54, 1.807) is 6.20 Å². The molecule has 1 saturated heterocycles. The van der Waals surface area contributed by atoms with Gasteiger partial charge in [0.1, 0.15) is 11.9 Å². The van der Waals surface area contributed by atoms with Crippen molar-refractivity contribution in [3.8, 4) is 0 Å². The molecular formula is C14H15N3O. The topological polar surface area (TPSA) is 54.0 Å². The minimum absolute atomic E-state index is 0.0657. The van der Waals surface area contributed by atoms with Crippen LogP contribution in [0.4, 0.5) is 5.82 Å².